The minimum Gasteiger partial charge on any atom is -0.421 e. The van der Waals surface area contributed by atoms with Crippen molar-refractivity contribution in [3.05, 3.63) is 58.6 Å². The largest absolute Gasteiger partial charge is 0.421 e. The van der Waals surface area contributed by atoms with Crippen LogP contribution in [0, 0.1) is 12.8 Å². The zero-order valence-electron chi connectivity index (χ0n) is 15.0. The molecule has 7 heteroatoms. The topological polar surface area (TPSA) is 88.3 Å². The van der Waals surface area contributed by atoms with E-state index in [2.05, 4.69) is 20.4 Å². The van der Waals surface area contributed by atoms with E-state index in [4.69, 9.17) is 4.42 Å². The van der Waals surface area contributed by atoms with Gasteiger partial charge in [0.05, 0.1) is 5.69 Å². The van der Waals surface area contributed by atoms with Gasteiger partial charge < -0.3 is 14.6 Å². The number of hydrogen-bond donors (Lipinski definition) is 1. The van der Waals surface area contributed by atoms with Gasteiger partial charge in [0.25, 0.3) is 0 Å². The van der Waals surface area contributed by atoms with E-state index in [1.165, 1.54) is 0 Å². The van der Waals surface area contributed by atoms with Crippen LogP contribution >= 0.6 is 0 Å². The Hall–Kier alpha value is -3.22. The lowest BCUT2D eigenvalue weighted by molar-refractivity contribution is -0.120. The van der Waals surface area contributed by atoms with Gasteiger partial charge in [-0.1, -0.05) is 18.2 Å². The molecule has 1 amide bonds. The van der Waals surface area contributed by atoms with Gasteiger partial charge in [-0.15, -0.1) is 5.10 Å². The van der Waals surface area contributed by atoms with Gasteiger partial charge in [0, 0.05) is 24.4 Å². The summed E-state index contributed by atoms with van der Waals surface area (Å²) in [5.41, 5.74) is 1.04. The number of anilines is 2. The Morgan fingerprint density at radius 1 is 1.15 bits per heavy atom. The quantitative estimate of drug-likeness (QED) is 0.719. The van der Waals surface area contributed by atoms with E-state index in [0.29, 0.717) is 18.4 Å². The number of piperidine rings is 1. The van der Waals surface area contributed by atoms with Gasteiger partial charge in [-0.3, -0.25) is 4.79 Å². The van der Waals surface area contributed by atoms with Crippen molar-refractivity contribution >= 4 is 28.4 Å². The molecule has 1 aliphatic rings. The third-order valence-electron chi connectivity index (χ3n) is 4.87. The maximum Gasteiger partial charge on any atom is 0.360 e. The van der Waals surface area contributed by atoms with E-state index in [1.54, 1.807) is 18.2 Å². The zero-order chi connectivity index (χ0) is 18.8. The predicted molar refractivity (Wildman–Crippen MR) is 103 cm³/mol. The normalized spacial score (nSPS) is 15.1. The minimum absolute atomic E-state index is 0.146. The molecular weight excluding hydrogens is 344 g/mol. The first-order valence-corrected chi connectivity index (χ1v) is 8.99. The van der Waals surface area contributed by atoms with E-state index >= 15 is 0 Å². The van der Waals surface area contributed by atoms with Crippen molar-refractivity contribution < 1.29 is 9.21 Å². The fourth-order valence-corrected chi connectivity index (χ4v) is 3.32. The molecule has 0 aliphatic carbocycles. The highest BCUT2D eigenvalue weighted by atomic mass is 16.4. The highest BCUT2D eigenvalue weighted by Crippen LogP contribution is 2.23. The van der Waals surface area contributed by atoms with Gasteiger partial charge in [-0.05, 0) is 44.0 Å². The van der Waals surface area contributed by atoms with E-state index < -0.39 is 5.63 Å². The molecule has 3 heterocycles. The maximum absolute atomic E-state index is 12.6. The number of hydrogen-bond acceptors (Lipinski definition) is 6. The molecule has 0 radical (unpaired) electrons. The monoisotopic (exact) mass is 364 g/mol. The summed E-state index contributed by atoms with van der Waals surface area (Å²) in [6.07, 6.45) is 1.39. The second kappa shape index (κ2) is 7.19. The van der Waals surface area contributed by atoms with Gasteiger partial charge in [-0.2, -0.15) is 5.10 Å². The Morgan fingerprint density at radius 2 is 1.93 bits per heavy atom. The molecule has 138 valence electrons. The SMILES string of the molecule is Cc1ccc(N2CCC(C(=O)Nc3cc4ccccc4oc3=O)CC2)nn1. The van der Waals surface area contributed by atoms with Gasteiger partial charge in [0.2, 0.25) is 5.91 Å². The lowest BCUT2D eigenvalue weighted by atomic mass is 9.96. The summed E-state index contributed by atoms with van der Waals surface area (Å²) in [6.45, 7) is 3.35. The van der Waals surface area contributed by atoms with Crippen LogP contribution in [0.1, 0.15) is 18.5 Å². The third kappa shape index (κ3) is 3.67. The molecular formula is C20H20N4O3. The number of rotatable bonds is 3. The Labute approximate surface area is 156 Å². The Balaban J connectivity index is 1.42. The van der Waals surface area contributed by atoms with Crippen LogP contribution in [0.4, 0.5) is 11.5 Å². The van der Waals surface area contributed by atoms with Crippen LogP contribution < -0.4 is 15.8 Å². The number of carbonyl (C=O) groups excluding carboxylic acids is 1. The number of nitrogens with one attached hydrogen (secondary N) is 1. The fraction of sp³-hybridized carbons (Fsp3) is 0.300. The number of fused-ring (bicyclic) bond motifs is 1. The molecule has 2 aromatic heterocycles. The average molecular weight is 364 g/mol. The first kappa shape index (κ1) is 17.2. The number of aromatic nitrogens is 2. The summed E-state index contributed by atoms with van der Waals surface area (Å²) in [5.74, 6) is 0.535. The van der Waals surface area contributed by atoms with Crippen LogP contribution in [0.15, 0.2) is 51.7 Å². The van der Waals surface area contributed by atoms with Gasteiger partial charge in [0.1, 0.15) is 11.3 Å². The summed E-state index contributed by atoms with van der Waals surface area (Å²) in [4.78, 5) is 26.8. The smallest absolute Gasteiger partial charge is 0.360 e. The number of carbonyl (C=O) groups is 1. The summed E-state index contributed by atoms with van der Waals surface area (Å²) in [6, 6.07) is 12.8. The van der Waals surface area contributed by atoms with Crippen molar-refractivity contribution in [2.75, 3.05) is 23.3 Å². The number of nitrogens with zero attached hydrogens (tertiary/aromatic N) is 3. The molecule has 0 atom stereocenters. The van der Waals surface area contributed by atoms with E-state index in [9.17, 15) is 9.59 Å². The van der Waals surface area contributed by atoms with Gasteiger partial charge >= 0.3 is 5.63 Å². The van der Waals surface area contributed by atoms with Gasteiger partial charge in [0.15, 0.2) is 5.82 Å². The lowest BCUT2D eigenvalue weighted by Gasteiger charge is -2.31. The first-order chi connectivity index (χ1) is 13.1. The third-order valence-corrected chi connectivity index (χ3v) is 4.87. The van der Waals surface area contributed by atoms with Gasteiger partial charge in [-0.25, -0.2) is 4.79 Å². The summed E-state index contributed by atoms with van der Waals surface area (Å²) in [7, 11) is 0. The molecule has 1 fully saturated rings. The Morgan fingerprint density at radius 3 is 2.67 bits per heavy atom. The Bertz CT molecular complexity index is 1020. The molecule has 1 N–H and O–H groups in total. The highest BCUT2D eigenvalue weighted by molar-refractivity contribution is 5.94. The number of benzene rings is 1. The fourth-order valence-electron chi connectivity index (χ4n) is 3.32. The zero-order valence-corrected chi connectivity index (χ0v) is 15.0. The molecule has 0 saturated carbocycles. The first-order valence-electron chi connectivity index (χ1n) is 8.99. The van der Waals surface area contributed by atoms with Crippen molar-refractivity contribution in [1.82, 2.24) is 10.2 Å². The molecule has 0 unspecified atom stereocenters. The number of aryl methyl sites for hydroxylation is 1. The van der Waals surface area contributed by atoms with Crippen LogP contribution in [-0.4, -0.2) is 29.2 Å². The van der Waals surface area contributed by atoms with Crippen LogP contribution in [0.25, 0.3) is 11.0 Å². The van der Waals surface area contributed by atoms with Crippen molar-refractivity contribution in [3.63, 3.8) is 0 Å². The lowest BCUT2D eigenvalue weighted by Crippen LogP contribution is -2.39. The second-order valence-corrected chi connectivity index (χ2v) is 6.77. The molecule has 0 spiro atoms. The van der Waals surface area contributed by atoms with Crippen molar-refractivity contribution in [1.29, 1.82) is 0 Å². The van der Waals surface area contributed by atoms with E-state index in [0.717, 1.165) is 30.0 Å². The minimum atomic E-state index is -0.533. The maximum atomic E-state index is 12.6. The molecule has 1 aliphatic heterocycles. The number of para-hydroxylation sites is 1. The van der Waals surface area contributed by atoms with E-state index in [-0.39, 0.29) is 17.5 Å². The van der Waals surface area contributed by atoms with Crippen molar-refractivity contribution in [3.8, 4) is 0 Å². The molecule has 3 aromatic rings. The van der Waals surface area contributed by atoms with Crippen LogP contribution in [0.2, 0.25) is 0 Å². The summed E-state index contributed by atoms with van der Waals surface area (Å²) < 4.78 is 5.27. The van der Waals surface area contributed by atoms with Crippen molar-refractivity contribution in [2.45, 2.75) is 19.8 Å². The van der Waals surface area contributed by atoms with E-state index in [1.807, 2.05) is 31.2 Å². The molecule has 4 rings (SSSR count). The molecule has 1 aromatic carbocycles. The molecule has 1 saturated heterocycles. The highest BCUT2D eigenvalue weighted by Gasteiger charge is 2.26. The van der Waals surface area contributed by atoms with Crippen molar-refractivity contribution in [2.24, 2.45) is 5.92 Å². The van der Waals surface area contributed by atoms with Crippen LogP contribution in [0.3, 0.4) is 0 Å². The average Bonchev–Trinajstić information content (AvgIpc) is 2.69. The predicted octanol–water partition coefficient (Wildman–Crippen LogP) is 2.75. The molecule has 0 bridgehead atoms. The summed E-state index contributed by atoms with van der Waals surface area (Å²) in [5, 5.41) is 11.8. The molecule has 27 heavy (non-hydrogen) atoms. The second-order valence-electron chi connectivity index (χ2n) is 6.77. The summed E-state index contributed by atoms with van der Waals surface area (Å²) >= 11 is 0. The van der Waals surface area contributed by atoms with Crippen LogP contribution in [0.5, 0.6) is 0 Å². The molecule has 7 nitrogen and oxygen atoms in total. The standard InChI is InChI=1S/C20H20N4O3/c1-13-6-7-18(23-22-13)24-10-8-14(9-11-24)19(25)21-16-12-15-4-2-3-5-17(15)27-20(16)26/h2-7,12,14H,8-11H2,1H3,(H,21,25). The Kier molecular flexibility index (Phi) is 4.58. The number of amides is 1. The van der Waals surface area contributed by atoms with Crippen LogP contribution in [-0.2, 0) is 4.79 Å².